The molecular weight excluding hydrogens is 448 g/mol. The van der Waals surface area contributed by atoms with Gasteiger partial charge in [-0.1, -0.05) is 25.5 Å². The van der Waals surface area contributed by atoms with E-state index in [9.17, 15) is 9.59 Å². The van der Waals surface area contributed by atoms with Gasteiger partial charge in [0.15, 0.2) is 17.3 Å². The fourth-order valence-electron chi connectivity index (χ4n) is 3.03. The molecule has 32 heavy (non-hydrogen) atoms. The fourth-order valence-corrected chi connectivity index (χ4v) is 4.56. The number of carbonyl (C=O) groups is 2. The van der Waals surface area contributed by atoms with Gasteiger partial charge in [-0.15, -0.1) is 11.3 Å². The molecule has 0 spiro atoms. The van der Waals surface area contributed by atoms with Gasteiger partial charge in [-0.05, 0) is 59.8 Å². The van der Waals surface area contributed by atoms with E-state index in [1.807, 2.05) is 0 Å². The van der Waals surface area contributed by atoms with Crippen LogP contribution in [0.15, 0.2) is 51.4 Å². The van der Waals surface area contributed by atoms with E-state index in [0.717, 1.165) is 24.3 Å². The van der Waals surface area contributed by atoms with Crippen molar-refractivity contribution in [2.45, 2.75) is 26.2 Å². The second-order valence-corrected chi connectivity index (χ2v) is 8.88. The van der Waals surface area contributed by atoms with Gasteiger partial charge in [0, 0.05) is 0 Å². The summed E-state index contributed by atoms with van der Waals surface area (Å²) in [4.78, 5) is 29.4. The molecule has 0 fully saturated rings. The Morgan fingerprint density at radius 1 is 1.28 bits per heavy atom. The van der Waals surface area contributed by atoms with Gasteiger partial charge in [0.25, 0.3) is 5.91 Å². The van der Waals surface area contributed by atoms with Gasteiger partial charge in [-0.25, -0.2) is 4.79 Å². The Morgan fingerprint density at radius 2 is 2.12 bits per heavy atom. The Morgan fingerprint density at radius 3 is 2.84 bits per heavy atom. The van der Waals surface area contributed by atoms with E-state index in [1.54, 1.807) is 41.8 Å². The first-order valence-electron chi connectivity index (χ1n) is 9.93. The zero-order valence-electron chi connectivity index (χ0n) is 17.5. The summed E-state index contributed by atoms with van der Waals surface area (Å²) in [5.41, 5.74) is 0.729. The van der Waals surface area contributed by atoms with E-state index < -0.39 is 11.9 Å². The molecule has 0 bridgehead atoms. The molecular formula is C22H20N4O4S2. The van der Waals surface area contributed by atoms with E-state index in [0.29, 0.717) is 21.4 Å². The van der Waals surface area contributed by atoms with Gasteiger partial charge in [0.2, 0.25) is 5.17 Å². The number of esters is 1. The molecule has 2 aliphatic heterocycles. The third kappa shape index (κ3) is 4.51. The highest BCUT2D eigenvalue weighted by Gasteiger charge is 2.35. The summed E-state index contributed by atoms with van der Waals surface area (Å²) in [5.74, 6) is -0.392. The molecule has 3 heterocycles. The predicted octanol–water partition coefficient (Wildman–Crippen LogP) is 4.79. The summed E-state index contributed by atoms with van der Waals surface area (Å²) in [6.07, 6.45) is 4.37. The number of hydrogen-bond donors (Lipinski definition) is 1. The summed E-state index contributed by atoms with van der Waals surface area (Å²) in [7, 11) is 1.47. The minimum atomic E-state index is -0.493. The van der Waals surface area contributed by atoms with Crippen LogP contribution in [0.1, 0.15) is 41.4 Å². The average Bonchev–Trinajstić information content (AvgIpc) is 3.46. The van der Waals surface area contributed by atoms with Crippen LogP contribution < -0.4 is 9.47 Å². The predicted molar refractivity (Wildman–Crippen MR) is 127 cm³/mol. The molecule has 2 aromatic rings. The molecule has 0 unspecified atom stereocenters. The number of amidine groups is 2. The minimum absolute atomic E-state index is 0.0221. The van der Waals surface area contributed by atoms with Crippen LogP contribution in [0.5, 0.6) is 11.5 Å². The van der Waals surface area contributed by atoms with Gasteiger partial charge in [-0.3, -0.25) is 10.2 Å². The lowest BCUT2D eigenvalue weighted by atomic mass is 10.1. The standard InChI is InChI=1S/C22H20N4O4S2/c1-3-4-7-18-25-26-19(23)14(20(27)24-22(26)32-18)11-13-8-9-15(16(12-13)29-2)30-21(28)17-6-5-10-31-17/h5-6,8-12,23H,3-4,7H2,1-2H3. The number of carbonyl (C=O) groups excluding carboxylic acids is 2. The Hall–Kier alpha value is -3.24. The Balaban J connectivity index is 1.57. The van der Waals surface area contributed by atoms with Crippen LogP contribution in [0, 0.1) is 5.41 Å². The van der Waals surface area contributed by atoms with Crippen LogP contribution in [-0.4, -0.2) is 40.0 Å². The summed E-state index contributed by atoms with van der Waals surface area (Å²) in [6.45, 7) is 2.10. The molecule has 0 atom stereocenters. The van der Waals surface area contributed by atoms with Crippen molar-refractivity contribution < 1.29 is 19.1 Å². The van der Waals surface area contributed by atoms with Crippen LogP contribution in [-0.2, 0) is 4.79 Å². The van der Waals surface area contributed by atoms with Gasteiger partial charge < -0.3 is 9.47 Å². The highest BCUT2D eigenvalue weighted by molar-refractivity contribution is 8.26. The topological polar surface area (TPSA) is 104 Å². The Bertz CT molecular complexity index is 1170. The molecule has 0 saturated carbocycles. The van der Waals surface area contributed by atoms with Crippen molar-refractivity contribution in [3.63, 3.8) is 0 Å². The van der Waals surface area contributed by atoms with E-state index in [4.69, 9.17) is 14.9 Å². The van der Waals surface area contributed by atoms with Crippen molar-refractivity contribution in [3.8, 4) is 11.5 Å². The number of unbranched alkanes of at least 4 members (excludes halogenated alkanes) is 1. The lowest BCUT2D eigenvalue weighted by Crippen LogP contribution is -2.35. The van der Waals surface area contributed by atoms with E-state index in [2.05, 4.69) is 17.0 Å². The largest absolute Gasteiger partial charge is 0.493 e. The van der Waals surface area contributed by atoms with E-state index in [-0.39, 0.29) is 17.2 Å². The minimum Gasteiger partial charge on any atom is -0.493 e. The van der Waals surface area contributed by atoms with Crippen LogP contribution in [0.3, 0.4) is 0 Å². The first kappa shape index (κ1) is 22.0. The van der Waals surface area contributed by atoms with Gasteiger partial charge >= 0.3 is 5.97 Å². The number of fused-ring (bicyclic) bond motifs is 1. The third-order valence-electron chi connectivity index (χ3n) is 4.66. The highest BCUT2D eigenvalue weighted by atomic mass is 32.2. The molecule has 10 heteroatoms. The third-order valence-corrected chi connectivity index (χ3v) is 6.48. The quantitative estimate of drug-likeness (QED) is 0.356. The maximum Gasteiger partial charge on any atom is 0.353 e. The van der Waals surface area contributed by atoms with Crippen molar-refractivity contribution in [1.29, 1.82) is 5.41 Å². The number of hydrazone groups is 1. The number of benzene rings is 1. The number of aliphatic imine (C=N–C) groups is 1. The number of ether oxygens (including phenoxy) is 2. The number of amides is 1. The highest BCUT2D eigenvalue weighted by Crippen LogP contribution is 2.32. The van der Waals surface area contributed by atoms with E-state index >= 15 is 0 Å². The van der Waals surface area contributed by atoms with E-state index in [1.165, 1.54) is 35.2 Å². The molecule has 8 nitrogen and oxygen atoms in total. The van der Waals surface area contributed by atoms with Crippen LogP contribution in [0.4, 0.5) is 0 Å². The molecule has 0 radical (unpaired) electrons. The summed E-state index contributed by atoms with van der Waals surface area (Å²) < 4.78 is 10.8. The number of thioether (sulfide) groups is 1. The lowest BCUT2D eigenvalue weighted by molar-refractivity contribution is -0.114. The number of hydrogen-bond acceptors (Lipinski definition) is 8. The molecule has 0 saturated heterocycles. The van der Waals surface area contributed by atoms with Crippen LogP contribution in [0.2, 0.25) is 0 Å². The average molecular weight is 469 g/mol. The van der Waals surface area contributed by atoms with Crippen molar-refractivity contribution in [3.05, 3.63) is 51.7 Å². The van der Waals surface area contributed by atoms with Gasteiger partial charge in [0.05, 0.1) is 12.7 Å². The maximum atomic E-state index is 12.6. The fraction of sp³-hybridized carbons (Fsp3) is 0.227. The van der Waals surface area contributed by atoms with Crippen molar-refractivity contribution in [2.75, 3.05) is 7.11 Å². The molecule has 1 aromatic carbocycles. The summed E-state index contributed by atoms with van der Waals surface area (Å²) in [5, 5.41) is 17.4. The lowest BCUT2D eigenvalue weighted by Gasteiger charge is -2.20. The molecule has 0 aliphatic carbocycles. The molecule has 2 aliphatic rings. The number of thiophene rings is 1. The summed E-state index contributed by atoms with van der Waals surface area (Å²) in [6, 6.07) is 8.36. The molecule has 1 aromatic heterocycles. The molecule has 164 valence electrons. The zero-order chi connectivity index (χ0) is 22.7. The molecule has 1 amide bonds. The summed E-state index contributed by atoms with van der Waals surface area (Å²) >= 11 is 2.62. The smallest absolute Gasteiger partial charge is 0.353 e. The second-order valence-electron chi connectivity index (χ2n) is 6.89. The van der Waals surface area contributed by atoms with Gasteiger partial charge in [0.1, 0.15) is 9.92 Å². The number of rotatable bonds is 7. The Kier molecular flexibility index (Phi) is 6.52. The van der Waals surface area contributed by atoms with Gasteiger partial charge in [-0.2, -0.15) is 15.1 Å². The Labute approximate surface area is 193 Å². The SMILES string of the molecule is CCCCC1=NN2C(=N)C(=Cc3ccc(OC(=O)c4cccs4)c(OC)c3)C(=O)N=C2S1. The van der Waals surface area contributed by atoms with Crippen molar-refractivity contribution in [1.82, 2.24) is 5.01 Å². The number of nitrogens with one attached hydrogen (secondary N) is 1. The maximum absolute atomic E-state index is 12.6. The molecule has 4 rings (SSSR count). The van der Waals surface area contributed by atoms with Crippen molar-refractivity contribution in [2.24, 2.45) is 10.1 Å². The number of methoxy groups -OCH3 is 1. The number of nitrogens with zero attached hydrogens (tertiary/aromatic N) is 3. The first-order valence-corrected chi connectivity index (χ1v) is 11.6. The normalized spacial score (nSPS) is 16.7. The zero-order valence-corrected chi connectivity index (χ0v) is 19.1. The van der Waals surface area contributed by atoms with Crippen molar-refractivity contribution >= 4 is 57.1 Å². The second kappa shape index (κ2) is 9.49. The molecule has 1 N–H and O–H groups in total. The first-order chi connectivity index (χ1) is 15.5. The van der Waals surface area contributed by atoms with Crippen LogP contribution in [0.25, 0.3) is 6.08 Å². The monoisotopic (exact) mass is 468 g/mol. The van der Waals surface area contributed by atoms with Crippen LogP contribution >= 0.6 is 23.1 Å².